The number of nitrogens with one attached hydrogen (secondary N) is 1. The molecular weight excluding hydrogens is 486 g/mol. The van der Waals surface area contributed by atoms with Gasteiger partial charge in [0, 0.05) is 36.0 Å². The summed E-state index contributed by atoms with van der Waals surface area (Å²) in [5, 5.41) is 3.93. The molecule has 182 valence electrons. The molecule has 8 nitrogen and oxygen atoms in total. The number of rotatable bonds is 10. The zero-order chi connectivity index (χ0) is 23.2. The number of aromatic nitrogens is 2. The van der Waals surface area contributed by atoms with Crippen molar-refractivity contribution in [3.63, 3.8) is 0 Å². The van der Waals surface area contributed by atoms with Crippen molar-refractivity contribution in [2.75, 3.05) is 45.3 Å². The number of methoxy groups -OCH3 is 1. The Balaban J connectivity index is 0.00000324. The van der Waals surface area contributed by atoms with Gasteiger partial charge >= 0.3 is 0 Å². The third-order valence-corrected chi connectivity index (χ3v) is 5.50. The molecule has 0 radical (unpaired) electrons. The average Bonchev–Trinajstić information content (AvgIpc) is 3.22. The smallest absolute Gasteiger partial charge is 0.222 e. The lowest BCUT2D eigenvalue weighted by Gasteiger charge is -2.16. The highest BCUT2D eigenvalue weighted by atomic mass is 35.5. The summed E-state index contributed by atoms with van der Waals surface area (Å²) in [6.45, 7) is 2.54. The average molecular weight is 511 g/mol. The number of ether oxygens (including phenoxy) is 3. The Hall–Kier alpha value is -2.88. The van der Waals surface area contributed by atoms with Gasteiger partial charge in [0.05, 0.1) is 31.5 Å². The number of benzene rings is 2. The van der Waals surface area contributed by atoms with Crippen molar-refractivity contribution in [3.05, 3.63) is 47.5 Å². The van der Waals surface area contributed by atoms with Gasteiger partial charge in [-0.1, -0.05) is 11.6 Å². The third kappa shape index (κ3) is 6.16. The first-order valence-corrected chi connectivity index (χ1v) is 11.0. The molecule has 0 atom stereocenters. The van der Waals surface area contributed by atoms with E-state index >= 15 is 0 Å². The lowest BCUT2D eigenvalue weighted by molar-refractivity contribution is -0.128. The SMILES string of the molecule is COc1cc2c(Nc3ccc(Cl)cc3F)ncnc2cc1OCCOCCN1CCCC1=O.Cl. The van der Waals surface area contributed by atoms with Crippen LogP contribution in [0.5, 0.6) is 11.5 Å². The molecule has 0 unspecified atom stereocenters. The highest BCUT2D eigenvalue weighted by Crippen LogP contribution is 2.35. The van der Waals surface area contributed by atoms with E-state index in [1.165, 1.54) is 19.5 Å². The number of carbonyl (C=O) groups excluding carboxylic acids is 1. The molecule has 1 amide bonds. The summed E-state index contributed by atoms with van der Waals surface area (Å²) >= 11 is 5.83. The van der Waals surface area contributed by atoms with E-state index in [0.717, 1.165) is 13.0 Å². The number of halogens is 3. The quantitative estimate of drug-likeness (QED) is 0.398. The number of anilines is 2. The number of fused-ring (bicyclic) bond motifs is 1. The first kappa shape index (κ1) is 25.7. The molecule has 3 aromatic rings. The normalized spacial score (nSPS) is 13.1. The van der Waals surface area contributed by atoms with Gasteiger partial charge in [-0.3, -0.25) is 4.79 Å². The number of amides is 1. The second kappa shape index (κ2) is 12.0. The first-order valence-electron chi connectivity index (χ1n) is 10.6. The molecule has 1 aromatic heterocycles. The molecule has 1 aliphatic rings. The summed E-state index contributed by atoms with van der Waals surface area (Å²) in [7, 11) is 1.54. The van der Waals surface area contributed by atoms with Crippen LogP contribution in [0.3, 0.4) is 0 Å². The fourth-order valence-electron chi connectivity index (χ4n) is 3.58. The monoisotopic (exact) mass is 510 g/mol. The van der Waals surface area contributed by atoms with Crippen molar-refractivity contribution in [3.8, 4) is 11.5 Å². The molecule has 1 aliphatic heterocycles. The highest BCUT2D eigenvalue weighted by molar-refractivity contribution is 6.30. The Bertz CT molecular complexity index is 1150. The number of likely N-dealkylation sites (tertiary alicyclic amines) is 1. The molecule has 1 fully saturated rings. The summed E-state index contributed by atoms with van der Waals surface area (Å²) < 4.78 is 31.1. The van der Waals surface area contributed by atoms with Gasteiger partial charge in [-0.2, -0.15) is 0 Å². The van der Waals surface area contributed by atoms with Gasteiger partial charge in [0.2, 0.25) is 5.91 Å². The van der Waals surface area contributed by atoms with Crippen molar-refractivity contribution >= 4 is 52.3 Å². The van der Waals surface area contributed by atoms with Gasteiger partial charge in [0.1, 0.15) is 24.6 Å². The van der Waals surface area contributed by atoms with Crippen molar-refractivity contribution in [1.29, 1.82) is 0 Å². The fourth-order valence-corrected chi connectivity index (χ4v) is 3.74. The first-order chi connectivity index (χ1) is 16.0. The van der Waals surface area contributed by atoms with E-state index in [1.54, 1.807) is 24.3 Å². The largest absolute Gasteiger partial charge is 0.493 e. The Morgan fingerprint density at radius 3 is 2.74 bits per heavy atom. The summed E-state index contributed by atoms with van der Waals surface area (Å²) in [6.07, 6.45) is 2.93. The van der Waals surface area contributed by atoms with Crippen molar-refractivity contribution < 1.29 is 23.4 Å². The number of hydrogen-bond donors (Lipinski definition) is 1. The standard InChI is InChI=1S/C23H24ClFN4O4.ClH/c1-31-20-12-16-19(26-14-27-23(16)28-18-5-4-15(24)11-17(18)25)13-21(20)33-10-9-32-8-7-29-6-2-3-22(29)30;/h4-5,11-14H,2-3,6-10H2,1H3,(H,26,27,28);1H. The molecule has 2 heterocycles. The van der Waals surface area contributed by atoms with Crippen molar-refractivity contribution in [2.24, 2.45) is 0 Å². The number of nitrogens with zero attached hydrogens (tertiary/aromatic N) is 3. The van der Waals surface area contributed by atoms with E-state index in [9.17, 15) is 9.18 Å². The molecule has 1 N–H and O–H groups in total. The Kier molecular flexibility index (Phi) is 9.09. The highest BCUT2D eigenvalue weighted by Gasteiger charge is 2.19. The molecule has 4 rings (SSSR count). The summed E-state index contributed by atoms with van der Waals surface area (Å²) in [5.41, 5.74) is 0.845. The van der Waals surface area contributed by atoms with E-state index in [-0.39, 0.29) is 24.0 Å². The Morgan fingerprint density at radius 1 is 1.15 bits per heavy atom. The van der Waals surface area contributed by atoms with Crippen LogP contribution in [0.25, 0.3) is 10.9 Å². The maximum Gasteiger partial charge on any atom is 0.222 e. The van der Waals surface area contributed by atoms with Crippen LogP contribution in [0.1, 0.15) is 12.8 Å². The van der Waals surface area contributed by atoms with Crippen LogP contribution < -0.4 is 14.8 Å². The van der Waals surface area contributed by atoms with E-state index < -0.39 is 5.82 Å². The molecule has 0 saturated carbocycles. The van der Waals surface area contributed by atoms with Crippen LogP contribution in [0.4, 0.5) is 15.9 Å². The maximum atomic E-state index is 14.2. The molecule has 1 saturated heterocycles. The van der Waals surface area contributed by atoms with E-state index in [4.69, 9.17) is 25.8 Å². The lowest BCUT2D eigenvalue weighted by atomic mass is 10.2. The second-order valence-corrected chi connectivity index (χ2v) is 7.87. The molecule has 11 heteroatoms. The molecular formula is C23H25Cl2FN4O4. The van der Waals surface area contributed by atoms with Gasteiger partial charge in [-0.25, -0.2) is 14.4 Å². The van der Waals surface area contributed by atoms with Crippen LogP contribution in [0.15, 0.2) is 36.7 Å². The minimum Gasteiger partial charge on any atom is -0.493 e. The summed E-state index contributed by atoms with van der Waals surface area (Å²) in [5.74, 6) is 1.11. The minimum atomic E-state index is -0.490. The third-order valence-electron chi connectivity index (χ3n) is 5.27. The van der Waals surface area contributed by atoms with Crippen LogP contribution in [0.2, 0.25) is 5.02 Å². The molecule has 0 bridgehead atoms. The predicted molar refractivity (Wildman–Crippen MR) is 130 cm³/mol. The summed E-state index contributed by atoms with van der Waals surface area (Å²) in [6, 6.07) is 7.83. The van der Waals surface area contributed by atoms with Crippen molar-refractivity contribution in [1.82, 2.24) is 14.9 Å². The molecule has 0 aliphatic carbocycles. The summed E-state index contributed by atoms with van der Waals surface area (Å²) in [4.78, 5) is 22.0. The van der Waals surface area contributed by atoms with Gasteiger partial charge in [0.15, 0.2) is 11.5 Å². The molecule has 34 heavy (non-hydrogen) atoms. The predicted octanol–water partition coefficient (Wildman–Crippen LogP) is 4.61. The fraction of sp³-hybridized carbons (Fsp3) is 0.348. The Labute approximate surface area is 207 Å². The van der Waals surface area contributed by atoms with Gasteiger partial charge in [-0.05, 0) is 30.7 Å². The topological polar surface area (TPSA) is 85.8 Å². The van der Waals surface area contributed by atoms with E-state index in [2.05, 4.69) is 15.3 Å². The minimum absolute atomic E-state index is 0. The van der Waals surface area contributed by atoms with Crippen LogP contribution in [0, 0.1) is 5.82 Å². The van der Waals surface area contributed by atoms with Crippen molar-refractivity contribution in [2.45, 2.75) is 12.8 Å². The zero-order valence-electron chi connectivity index (χ0n) is 18.6. The molecule has 0 spiro atoms. The number of hydrogen-bond acceptors (Lipinski definition) is 7. The van der Waals surface area contributed by atoms with Crippen LogP contribution in [-0.4, -0.2) is 60.8 Å². The van der Waals surface area contributed by atoms with Crippen LogP contribution >= 0.6 is 24.0 Å². The molecule has 2 aromatic carbocycles. The second-order valence-electron chi connectivity index (χ2n) is 7.44. The van der Waals surface area contributed by atoms with Gasteiger partial charge in [-0.15, -0.1) is 12.4 Å². The zero-order valence-corrected chi connectivity index (χ0v) is 20.1. The van der Waals surface area contributed by atoms with E-state index in [1.807, 2.05) is 4.90 Å². The van der Waals surface area contributed by atoms with E-state index in [0.29, 0.717) is 66.0 Å². The lowest BCUT2D eigenvalue weighted by Crippen LogP contribution is -2.28. The number of carbonyl (C=O) groups is 1. The van der Waals surface area contributed by atoms with Gasteiger partial charge in [0.25, 0.3) is 0 Å². The Morgan fingerprint density at radius 2 is 2.00 bits per heavy atom. The maximum absolute atomic E-state index is 14.2. The van der Waals surface area contributed by atoms with Crippen LogP contribution in [-0.2, 0) is 9.53 Å². The van der Waals surface area contributed by atoms with Gasteiger partial charge < -0.3 is 24.4 Å².